The van der Waals surface area contributed by atoms with Gasteiger partial charge in [-0.1, -0.05) is 36.4 Å². The van der Waals surface area contributed by atoms with Crippen LogP contribution >= 0.6 is 0 Å². The maximum Gasteiger partial charge on any atom is 0.425 e. The van der Waals surface area contributed by atoms with Crippen LogP contribution in [0.15, 0.2) is 65.5 Å². The summed E-state index contributed by atoms with van der Waals surface area (Å²) >= 11 is 0. The third-order valence-corrected chi connectivity index (χ3v) is 5.72. The Hall–Kier alpha value is -4.55. The summed E-state index contributed by atoms with van der Waals surface area (Å²) in [6.45, 7) is 2.20. The minimum absolute atomic E-state index is 0.0796. The van der Waals surface area contributed by atoms with Gasteiger partial charge in [0.25, 0.3) is 5.91 Å². The molecule has 204 valence electrons. The van der Waals surface area contributed by atoms with Crippen molar-refractivity contribution in [1.82, 2.24) is 14.3 Å². The van der Waals surface area contributed by atoms with E-state index in [0.717, 1.165) is 23.8 Å². The SMILES string of the molecule is Cc1nn(-c2cc(O[C@@H](C)C(F)(F)F)c(C(=O)Nc3c(F)cccc3F)cc2F)c(=O)n1Cc1ccccc1. The Labute approximate surface area is 217 Å². The van der Waals surface area contributed by atoms with E-state index >= 15 is 4.39 Å². The molecule has 1 amide bonds. The van der Waals surface area contributed by atoms with Crippen molar-refractivity contribution >= 4 is 11.6 Å². The van der Waals surface area contributed by atoms with Crippen LogP contribution in [0.3, 0.4) is 0 Å². The lowest BCUT2D eigenvalue weighted by Gasteiger charge is -2.20. The lowest BCUT2D eigenvalue weighted by atomic mass is 10.1. The molecule has 0 aliphatic carbocycles. The number of nitrogens with zero attached hydrogens (tertiary/aromatic N) is 3. The molecule has 0 aliphatic heterocycles. The molecule has 3 aromatic carbocycles. The van der Waals surface area contributed by atoms with E-state index in [1.165, 1.54) is 11.5 Å². The molecule has 39 heavy (non-hydrogen) atoms. The number of rotatable bonds is 7. The summed E-state index contributed by atoms with van der Waals surface area (Å²) < 4.78 is 90.0. The van der Waals surface area contributed by atoms with Gasteiger partial charge in [0, 0.05) is 6.07 Å². The van der Waals surface area contributed by atoms with E-state index in [4.69, 9.17) is 4.74 Å². The molecule has 0 bridgehead atoms. The zero-order valence-electron chi connectivity index (χ0n) is 20.4. The van der Waals surface area contributed by atoms with Gasteiger partial charge in [-0.25, -0.2) is 18.0 Å². The standard InChI is InChI=1S/C26H20F6N4O3/c1-14(26(30,31)32)39-22-12-21(36-25(38)35(15(2)34-36)13-16-7-4-3-5-8-16)20(29)11-17(22)24(37)33-23-18(27)9-6-10-19(23)28/h3-12,14H,13H2,1-2H3,(H,33,37)/t14-/m0/s1. The normalized spacial score (nSPS) is 12.3. The van der Waals surface area contributed by atoms with Crippen molar-refractivity contribution in [2.45, 2.75) is 32.7 Å². The number of alkyl halides is 3. The fraction of sp³-hybridized carbons (Fsp3) is 0.192. The number of aromatic nitrogens is 3. The molecule has 7 nitrogen and oxygen atoms in total. The number of halogens is 6. The van der Waals surface area contributed by atoms with Gasteiger partial charge in [-0.2, -0.15) is 23.0 Å². The number of nitrogens with one attached hydrogen (secondary N) is 1. The van der Waals surface area contributed by atoms with Crippen molar-refractivity contribution in [3.05, 3.63) is 106 Å². The molecule has 0 saturated heterocycles. The molecular weight excluding hydrogens is 530 g/mol. The van der Waals surface area contributed by atoms with E-state index < -0.39 is 64.0 Å². The average molecular weight is 550 g/mol. The zero-order valence-corrected chi connectivity index (χ0v) is 20.4. The van der Waals surface area contributed by atoms with Crippen molar-refractivity contribution in [2.75, 3.05) is 5.32 Å². The van der Waals surface area contributed by atoms with E-state index in [-0.39, 0.29) is 12.4 Å². The fourth-order valence-corrected chi connectivity index (χ4v) is 3.63. The van der Waals surface area contributed by atoms with Crippen LogP contribution in [0.25, 0.3) is 5.69 Å². The van der Waals surface area contributed by atoms with Gasteiger partial charge in [0.2, 0.25) is 0 Å². The highest BCUT2D eigenvalue weighted by Gasteiger charge is 2.39. The summed E-state index contributed by atoms with van der Waals surface area (Å²) in [6, 6.07) is 12.7. The molecule has 13 heteroatoms. The van der Waals surface area contributed by atoms with Crippen molar-refractivity contribution in [1.29, 1.82) is 0 Å². The molecule has 1 heterocycles. The summed E-state index contributed by atoms with van der Waals surface area (Å²) in [5.74, 6) is -5.55. The Morgan fingerprint density at radius 1 is 1.00 bits per heavy atom. The number of aryl methyl sites for hydroxylation is 1. The predicted octanol–water partition coefficient (Wildman–Crippen LogP) is 5.39. The third kappa shape index (κ3) is 5.81. The Morgan fingerprint density at radius 2 is 1.64 bits per heavy atom. The first-order valence-electron chi connectivity index (χ1n) is 11.4. The molecule has 4 rings (SSSR count). The van der Waals surface area contributed by atoms with Crippen LogP contribution in [-0.4, -0.2) is 32.5 Å². The van der Waals surface area contributed by atoms with Crippen LogP contribution in [0.1, 0.15) is 28.7 Å². The monoisotopic (exact) mass is 550 g/mol. The molecule has 4 aromatic rings. The van der Waals surface area contributed by atoms with E-state index in [1.807, 2.05) is 5.32 Å². The van der Waals surface area contributed by atoms with Gasteiger partial charge in [0.1, 0.15) is 40.4 Å². The average Bonchev–Trinajstić information content (AvgIpc) is 3.15. The van der Waals surface area contributed by atoms with E-state index in [9.17, 15) is 31.5 Å². The molecule has 1 aromatic heterocycles. The molecule has 0 saturated carbocycles. The van der Waals surface area contributed by atoms with Crippen LogP contribution in [-0.2, 0) is 6.54 Å². The Kier molecular flexibility index (Phi) is 7.52. The Morgan fingerprint density at radius 3 is 2.26 bits per heavy atom. The maximum atomic E-state index is 15.3. The number of benzene rings is 3. The number of para-hydroxylation sites is 1. The highest BCUT2D eigenvalue weighted by atomic mass is 19.4. The molecule has 0 aliphatic rings. The zero-order chi connectivity index (χ0) is 28.5. The van der Waals surface area contributed by atoms with E-state index in [0.29, 0.717) is 23.7 Å². The van der Waals surface area contributed by atoms with Crippen molar-refractivity contribution in [3.63, 3.8) is 0 Å². The highest BCUT2D eigenvalue weighted by Crippen LogP contribution is 2.31. The van der Waals surface area contributed by atoms with Crippen LogP contribution < -0.4 is 15.7 Å². The van der Waals surface area contributed by atoms with E-state index in [1.54, 1.807) is 30.3 Å². The van der Waals surface area contributed by atoms with Crippen molar-refractivity contribution in [3.8, 4) is 11.4 Å². The Bertz CT molecular complexity index is 1560. The minimum atomic E-state index is -4.88. The second kappa shape index (κ2) is 10.7. The topological polar surface area (TPSA) is 78.2 Å². The number of anilines is 1. The molecular formula is C26H20F6N4O3. The number of hydrogen-bond donors (Lipinski definition) is 1. The quantitative estimate of drug-likeness (QED) is 0.313. The third-order valence-electron chi connectivity index (χ3n) is 5.72. The summed E-state index contributed by atoms with van der Waals surface area (Å²) in [4.78, 5) is 25.9. The van der Waals surface area contributed by atoms with Gasteiger partial charge < -0.3 is 10.1 Å². The first-order chi connectivity index (χ1) is 18.4. The molecule has 0 radical (unpaired) electrons. The number of amides is 1. The minimum Gasteiger partial charge on any atom is -0.480 e. The van der Waals surface area contributed by atoms with Crippen LogP contribution in [0.2, 0.25) is 0 Å². The van der Waals surface area contributed by atoms with Gasteiger partial charge in [-0.3, -0.25) is 9.36 Å². The summed E-state index contributed by atoms with van der Waals surface area (Å²) in [5, 5.41) is 5.90. The van der Waals surface area contributed by atoms with Gasteiger partial charge >= 0.3 is 11.9 Å². The fourth-order valence-electron chi connectivity index (χ4n) is 3.63. The van der Waals surface area contributed by atoms with Crippen LogP contribution in [0.4, 0.5) is 32.0 Å². The van der Waals surface area contributed by atoms with Crippen LogP contribution in [0, 0.1) is 24.4 Å². The molecule has 1 atom stereocenters. The molecule has 0 spiro atoms. The van der Waals surface area contributed by atoms with Gasteiger partial charge in [-0.05, 0) is 37.6 Å². The van der Waals surface area contributed by atoms with E-state index in [2.05, 4.69) is 5.10 Å². The van der Waals surface area contributed by atoms with Gasteiger partial charge in [0.05, 0.1) is 12.1 Å². The molecule has 0 fully saturated rings. The largest absolute Gasteiger partial charge is 0.480 e. The number of ether oxygens (including phenoxy) is 1. The molecule has 1 N–H and O–H groups in total. The molecule has 0 unspecified atom stereocenters. The lowest BCUT2D eigenvalue weighted by molar-refractivity contribution is -0.189. The maximum absolute atomic E-state index is 15.3. The van der Waals surface area contributed by atoms with Crippen LogP contribution in [0.5, 0.6) is 5.75 Å². The summed E-state index contributed by atoms with van der Waals surface area (Å²) in [7, 11) is 0. The van der Waals surface area contributed by atoms with Crippen molar-refractivity contribution < 1.29 is 35.9 Å². The second-order valence-corrected chi connectivity index (χ2v) is 8.47. The summed E-state index contributed by atoms with van der Waals surface area (Å²) in [6.07, 6.45) is -7.35. The number of carbonyl (C=O) groups excluding carboxylic acids is 1. The highest BCUT2D eigenvalue weighted by molar-refractivity contribution is 6.06. The lowest BCUT2D eigenvalue weighted by Crippen LogP contribution is -2.32. The first-order valence-corrected chi connectivity index (χ1v) is 11.4. The van der Waals surface area contributed by atoms with Gasteiger partial charge in [-0.15, -0.1) is 0 Å². The first kappa shape index (κ1) is 27.5. The summed E-state index contributed by atoms with van der Waals surface area (Å²) in [5.41, 5.74) is -2.38. The second-order valence-electron chi connectivity index (χ2n) is 8.47. The number of hydrogen-bond acceptors (Lipinski definition) is 4. The smallest absolute Gasteiger partial charge is 0.425 e. The van der Waals surface area contributed by atoms with Crippen molar-refractivity contribution in [2.24, 2.45) is 0 Å². The Balaban J connectivity index is 1.79. The number of carbonyl (C=O) groups is 1. The predicted molar refractivity (Wildman–Crippen MR) is 129 cm³/mol. The van der Waals surface area contributed by atoms with Gasteiger partial charge in [0.15, 0.2) is 6.10 Å².